The highest BCUT2D eigenvalue weighted by molar-refractivity contribution is 5.99. The standard InChI is InChI=1S/C22H28N4O/c1-22(2,3)26-12-10-25(11-13-26)20-18-8-9-23-21(18)24-15-19(20)16-6-5-7-17(14-16)27-4/h5-9,14-15H,10-13H2,1-4H3,(H,23,24). The number of methoxy groups -OCH3 is 1. The van der Waals surface area contributed by atoms with Crippen molar-refractivity contribution >= 4 is 16.7 Å². The summed E-state index contributed by atoms with van der Waals surface area (Å²) in [6.45, 7) is 11.0. The smallest absolute Gasteiger partial charge is 0.139 e. The average molecular weight is 364 g/mol. The molecule has 5 nitrogen and oxygen atoms in total. The van der Waals surface area contributed by atoms with Crippen LogP contribution in [0, 0.1) is 0 Å². The van der Waals surface area contributed by atoms with Gasteiger partial charge in [-0.25, -0.2) is 4.98 Å². The number of fused-ring (bicyclic) bond motifs is 1. The minimum atomic E-state index is 0.212. The molecule has 1 saturated heterocycles. The zero-order valence-electron chi connectivity index (χ0n) is 16.6. The van der Waals surface area contributed by atoms with Gasteiger partial charge in [-0.1, -0.05) is 12.1 Å². The largest absolute Gasteiger partial charge is 0.497 e. The summed E-state index contributed by atoms with van der Waals surface area (Å²) in [5.74, 6) is 0.866. The highest BCUT2D eigenvalue weighted by Gasteiger charge is 2.28. The summed E-state index contributed by atoms with van der Waals surface area (Å²) in [6, 6.07) is 10.4. The average Bonchev–Trinajstić information content (AvgIpc) is 3.15. The Morgan fingerprint density at radius 1 is 1.07 bits per heavy atom. The van der Waals surface area contributed by atoms with Gasteiger partial charge >= 0.3 is 0 Å². The molecule has 1 aliphatic heterocycles. The van der Waals surface area contributed by atoms with Crippen LogP contribution in [-0.2, 0) is 0 Å². The lowest BCUT2D eigenvalue weighted by atomic mass is 10.0. The van der Waals surface area contributed by atoms with Gasteiger partial charge in [0.1, 0.15) is 11.4 Å². The fraction of sp³-hybridized carbons (Fsp3) is 0.409. The summed E-state index contributed by atoms with van der Waals surface area (Å²) in [5, 5.41) is 1.18. The molecule has 2 aromatic heterocycles. The second kappa shape index (κ2) is 6.89. The summed E-state index contributed by atoms with van der Waals surface area (Å²) in [5.41, 5.74) is 4.71. The van der Waals surface area contributed by atoms with E-state index in [0.717, 1.165) is 48.7 Å². The van der Waals surface area contributed by atoms with E-state index in [9.17, 15) is 0 Å². The topological polar surface area (TPSA) is 44.4 Å². The van der Waals surface area contributed by atoms with Crippen molar-refractivity contribution in [2.45, 2.75) is 26.3 Å². The predicted octanol–water partition coefficient (Wildman–Crippen LogP) is 4.16. The molecule has 1 N–H and O–H groups in total. The van der Waals surface area contributed by atoms with Crippen LogP contribution in [0.25, 0.3) is 22.2 Å². The Kier molecular flexibility index (Phi) is 4.56. The first-order chi connectivity index (χ1) is 13.0. The summed E-state index contributed by atoms with van der Waals surface area (Å²) in [6.07, 6.45) is 3.96. The van der Waals surface area contributed by atoms with Gasteiger partial charge in [0.25, 0.3) is 0 Å². The molecule has 3 heterocycles. The number of ether oxygens (including phenoxy) is 1. The Labute approximate surface area is 161 Å². The van der Waals surface area contributed by atoms with Crippen LogP contribution in [0.5, 0.6) is 5.75 Å². The van der Waals surface area contributed by atoms with E-state index in [1.807, 2.05) is 24.5 Å². The molecule has 5 heteroatoms. The van der Waals surface area contributed by atoms with Gasteiger partial charge in [-0.15, -0.1) is 0 Å². The van der Waals surface area contributed by atoms with Crippen molar-refractivity contribution in [2.24, 2.45) is 0 Å². The van der Waals surface area contributed by atoms with E-state index in [2.05, 4.69) is 58.7 Å². The molecule has 0 radical (unpaired) electrons. The number of nitrogens with one attached hydrogen (secondary N) is 1. The van der Waals surface area contributed by atoms with E-state index in [1.165, 1.54) is 11.1 Å². The third-order valence-electron chi connectivity index (χ3n) is 5.48. The Hall–Kier alpha value is -2.53. The fourth-order valence-electron chi connectivity index (χ4n) is 3.94. The molecule has 0 aliphatic carbocycles. The molecular weight excluding hydrogens is 336 g/mol. The Morgan fingerprint density at radius 2 is 1.85 bits per heavy atom. The van der Waals surface area contributed by atoms with Crippen LogP contribution in [0.4, 0.5) is 5.69 Å². The number of hydrogen-bond donors (Lipinski definition) is 1. The predicted molar refractivity (Wildman–Crippen MR) is 112 cm³/mol. The normalized spacial score (nSPS) is 16.1. The molecule has 0 spiro atoms. The van der Waals surface area contributed by atoms with Gasteiger partial charge in [-0.2, -0.15) is 0 Å². The molecule has 4 rings (SSSR count). The van der Waals surface area contributed by atoms with Crippen LogP contribution >= 0.6 is 0 Å². The van der Waals surface area contributed by atoms with Gasteiger partial charge in [0, 0.05) is 55.1 Å². The van der Waals surface area contributed by atoms with E-state index in [0.29, 0.717) is 0 Å². The van der Waals surface area contributed by atoms with E-state index in [1.54, 1.807) is 7.11 Å². The lowest BCUT2D eigenvalue weighted by molar-refractivity contribution is 0.128. The minimum Gasteiger partial charge on any atom is -0.497 e. The summed E-state index contributed by atoms with van der Waals surface area (Å²) < 4.78 is 5.44. The van der Waals surface area contributed by atoms with E-state index in [4.69, 9.17) is 4.74 Å². The molecule has 0 atom stereocenters. The van der Waals surface area contributed by atoms with Crippen molar-refractivity contribution < 1.29 is 4.74 Å². The summed E-state index contributed by atoms with van der Waals surface area (Å²) in [4.78, 5) is 13.0. The maximum Gasteiger partial charge on any atom is 0.139 e. The third kappa shape index (κ3) is 3.39. The first-order valence-electron chi connectivity index (χ1n) is 9.58. The minimum absolute atomic E-state index is 0.212. The molecule has 1 aliphatic rings. The van der Waals surface area contributed by atoms with Crippen molar-refractivity contribution in [1.29, 1.82) is 0 Å². The van der Waals surface area contributed by atoms with Crippen molar-refractivity contribution in [1.82, 2.24) is 14.9 Å². The van der Waals surface area contributed by atoms with Crippen molar-refractivity contribution in [3.8, 4) is 16.9 Å². The van der Waals surface area contributed by atoms with Crippen LogP contribution in [0.1, 0.15) is 20.8 Å². The number of aromatic nitrogens is 2. The highest BCUT2D eigenvalue weighted by Crippen LogP contribution is 2.38. The van der Waals surface area contributed by atoms with Crippen molar-refractivity contribution in [3.63, 3.8) is 0 Å². The SMILES string of the molecule is COc1cccc(-c2cnc3[nH]ccc3c2N2CCN(C(C)(C)C)CC2)c1. The van der Waals surface area contributed by atoms with Gasteiger partial charge in [-0.05, 0) is 44.5 Å². The van der Waals surface area contributed by atoms with E-state index < -0.39 is 0 Å². The molecule has 3 aromatic rings. The zero-order valence-corrected chi connectivity index (χ0v) is 16.6. The first-order valence-corrected chi connectivity index (χ1v) is 9.58. The fourth-order valence-corrected chi connectivity index (χ4v) is 3.94. The molecule has 27 heavy (non-hydrogen) atoms. The molecular formula is C22H28N4O. The van der Waals surface area contributed by atoms with E-state index in [-0.39, 0.29) is 5.54 Å². The van der Waals surface area contributed by atoms with Crippen LogP contribution in [-0.4, -0.2) is 53.7 Å². The first kappa shape index (κ1) is 17.9. The molecule has 0 amide bonds. The Morgan fingerprint density at radius 3 is 2.56 bits per heavy atom. The number of rotatable bonds is 3. The third-order valence-corrected chi connectivity index (χ3v) is 5.48. The molecule has 1 aromatic carbocycles. The monoisotopic (exact) mass is 364 g/mol. The second-order valence-electron chi connectivity index (χ2n) is 8.14. The van der Waals surface area contributed by atoms with Crippen LogP contribution < -0.4 is 9.64 Å². The molecule has 0 unspecified atom stereocenters. The van der Waals surface area contributed by atoms with Crippen LogP contribution in [0.2, 0.25) is 0 Å². The summed E-state index contributed by atoms with van der Waals surface area (Å²) in [7, 11) is 1.71. The molecule has 0 bridgehead atoms. The Bertz CT molecular complexity index is 933. The van der Waals surface area contributed by atoms with Gasteiger partial charge in [0.2, 0.25) is 0 Å². The lowest BCUT2D eigenvalue weighted by Gasteiger charge is -2.43. The molecule has 142 valence electrons. The zero-order chi connectivity index (χ0) is 19.0. The van der Waals surface area contributed by atoms with Gasteiger partial charge in [0.05, 0.1) is 12.8 Å². The van der Waals surface area contributed by atoms with Crippen molar-refractivity contribution in [2.75, 3.05) is 38.2 Å². The quantitative estimate of drug-likeness (QED) is 0.758. The van der Waals surface area contributed by atoms with E-state index >= 15 is 0 Å². The number of H-pyrrole nitrogens is 1. The van der Waals surface area contributed by atoms with Crippen molar-refractivity contribution in [3.05, 3.63) is 42.7 Å². The number of nitrogens with zero attached hydrogens (tertiary/aromatic N) is 3. The number of anilines is 1. The Balaban J connectivity index is 1.76. The van der Waals surface area contributed by atoms with Gasteiger partial charge in [0.15, 0.2) is 0 Å². The van der Waals surface area contributed by atoms with Gasteiger partial charge < -0.3 is 14.6 Å². The maximum absolute atomic E-state index is 5.44. The number of aromatic amines is 1. The number of piperazine rings is 1. The highest BCUT2D eigenvalue weighted by atomic mass is 16.5. The number of benzene rings is 1. The number of pyridine rings is 1. The lowest BCUT2D eigenvalue weighted by Crippen LogP contribution is -2.53. The second-order valence-corrected chi connectivity index (χ2v) is 8.14. The van der Waals surface area contributed by atoms with Gasteiger partial charge in [-0.3, -0.25) is 4.90 Å². The maximum atomic E-state index is 5.44. The van der Waals surface area contributed by atoms with Crippen LogP contribution in [0.3, 0.4) is 0 Å². The molecule has 1 fully saturated rings. The molecule has 0 saturated carbocycles. The van der Waals surface area contributed by atoms with Crippen LogP contribution in [0.15, 0.2) is 42.7 Å². The number of hydrogen-bond acceptors (Lipinski definition) is 4. The summed E-state index contributed by atoms with van der Waals surface area (Å²) >= 11 is 0.